The molecule has 12 heavy (non-hydrogen) atoms. The molecule has 0 saturated heterocycles. The second kappa shape index (κ2) is 4.26. The van der Waals surface area contributed by atoms with E-state index in [0.29, 0.717) is 6.04 Å². The van der Waals surface area contributed by atoms with E-state index in [1.54, 1.807) is 12.5 Å². The van der Waals surface area contributed by atoms with E-state index in [9.17, 15) is 0 Å². The summed E-state index contributed by atoms with van der Waals surface area (Å²) >= 11 is 0. The molecule has 3 heteroatoms. The lowest BCUT2D eigenvalue weighted by molar-refractivity contribution is 0.269. The zero-order valence-electron chi connectivity index (χ0n) is 7.95. The van der Waals surface area contributed by atoms with E-state index < -0.39 is 0 Å². The monoisotopic (exact) mass is 168 g/mol. The molecule has 0 saturated carbocycles. The average Bonchev–Trinajstić information content (AvgIpc) is 2.51. The van der Waals surface area contributed by atoms with Gasteiger partial charge in [-0.1, -0.05) is 0 Å². The molecule has 0 aromatic carbocycles. The first kappa shape index (κ1) is 9.26. The Balaban J connectivity index is 2.27. The fourth-order valence-corrected chi connectivity index (χ4v) is 0.907. The van der Waals surface area contributed by atoms with Gasteiger partial charge in [0.1, 0.15) is 6.26 Å². The molecule has 3 nitrogen and oxygen atoms in total. The van der Waals surface area contributed by atoms with E-state index in [4.69, 9.17) is 4.42 Å². The molecule has 0 aliphatic heterocycles. The van der Waals surface area contributed by atoms with Gasteiger partial charge in [-0.2, -0.15) is 0 Å². The number of aromatic nitrogens is 1. The van der Waals surface area contributed by atoms with Crippen LogP contribution in [0.25, 0.3) is 0 Å². The highest BCUT2D eigenvalue weighted by Gasteiger charge is 2.04. The lowest BCUT2D eigenvalue weighted by Gasteiger charge is -2.19. The highest BCUT2D eigenvalue weighted by atomic mass is 16.3. The minimum atomic E-state index is 0.583. The Labute approximate surface area is 73.4 Å². The van der Waals surface area contributed by atoms with E-state index in [1.165, 1.54) is 0 Å². The number of hydrogen-bond donors (Lipinski definition) is 0. The Morgan fingerprint density at radius 2 is 2.33 bits per heavy atom. The minimum absolute atomic E-state index is 0.583. The second-order valence-corrected chi connectivity index (χ2v) is 3.25. The van der Waals surface area contributed by atoms with Crippen LogP contribution >= 0.6 is 0 Å². The smallest absolute Gasteiger partial charge is 0.195 e. The summed E-state index contributed by atoms with van der Waals surface area (Å²) in [5.41, 5.74) is 0. The first-order chi connectivity index (χ1) is 5.70. The van der Waals surface area contributed by atoms with Crippen molar-refractivity contribution in [3.63, 3.8) is 0 Å². The zero-order valence-corrected chi connectivity index (χ0v) is 7.95. The van der Waals surface area contributed by atoms with Crippen molar-refractivity contribution in [2.75, 3.05) is 13.6 Å². The molecule has 1 aromatic rings. The topological polar surface area (TPSA) is 29.3 Å². The Bertz CT molecular complexity index is 206. The van der Waals surface area contributed by atoms with E-state index in [-0.39, 0.29) is 0 Å². The molecule has 0 bridgehead atoms. The normalized spacial score (nSPS) is 11.4. The summed E-state index contributed by atoms with van der Waals surface area (Å²) in [6.45, 7) is 5.35. The van der Waals surface area contributed by atoms with Gasteiger partial charge in [0.05, 0.1) is 6.20 Å². The van der Waals surface area contributed by atoms with Gasteiger partial charge in [0, 0.05) is 19.0 Å². The van der Waals surface area contributed by atoms with Crippen molar-refractivity contribution in [2.45, 2.75) is 26.3 Å². The van der Waals surface area contributed by atoms with Crippen molar-refractivity contribution >= 4 is 0 Å². The van der Waals surface area contributed by atoms with Gasteiger partial charge in [-0.25, -0.2) is 4.98 Å². The largest absolute Gasteiger partial charge is 0.449 e. The molecule has 0 aliphatic carbocycles. The first-order valence-corrected chi connectivity index (χ1v) is 4.28. The summed E-state index contributed by atoms with van der Waals surface area (Å²) in [4.78, 5) is 6.32. The lowest BCUT2D eigenvalue weighted by atomic mass is 10.3. The SMILES string of the molecule is CC(C)N(C)CCc1ncco1. The van der Waals surface area contributed by atoms with Gasteiger partial charge in [0.15, 0.2) is 5.89 Å². The molecule has 0 aliphatic rings. The molecule has 1 heterocycles. The Morgan fingerprint density at radius 3 is 2.83 bits per heavy atom. The minimum Gasteiger partial charge on any atom is -0.449 e. The highest BCUT2D eigenvalue weighted by molar-refractivity contribution is 4.80. The van der Waals surface area contributed by atoms with Crippen molar-refractivity contribution in [1.29, 1.82) is 0 Å². The zero-order chi connectivity index (χ0) is 8.97. The van der Waals surface area contributed by atoms with Gasteiger partial charge in [-0.3, -0.25) is 0 Å². The Morgan fingerprint density at radius 1 is 1.58 bits per heavy atom. The number of rotatable bonds is 4. The molecule has 68 valence electrons. The number of oxazole rings is 1. The molecule has 0 spiro atoms. The van der Waals surface area contributed by atoms with E-state index in [1.807, 2.05) is 0 Å². The highest BCUT2D eigenvalue weighted by Crippen LogP contribution is 1.99. The van der Waals surface area contributed by atoms with Crippen LogP contribution in [0.15, 0.2) is 16.9 Å². The van der Waals surface area contributed by atoms with Crippen molar-refractivity contribution < 1.29 is 4.42 Å². The van der Waals surface area contributed by atoms with Gasteiger partial charge >= 0.3 is 0 Å². The maximum absolute atomic E-state index is 5.13. The van der Waals surface area contributed by atoms with Crippen LogP contribution in [0.2, 0.25) is 0 Å². The molecular weight excluding hydrogens is 152 g/mol. The van der Waals surface area contributed by atoms with Crippen LogP contribution in [-0.4, -0.2) is 29.5 Å². The summed E-state index contributed by atoms with van der Waals surface area (Å²) < 4.78 is 5.13. The van der Waals surface area contributed by atoms with Crippen LogP contribution in [0.1, 0.15) is 19.7 Å². The van der Waals surface area contributed by atoms with Gasteiger partial charge in [-0.05, 0) is 20.9 Å². The van der Waals surface area contributed by atoms with Crippen LogP contribution in [0.4, 0.5) is 0 Å². The van der Waals surface area contributed by atoms with E-state index >= 15 is 0 Å². The van der Waals surface area contributed by atoms with Crippen molar-refractivity contribution in [3.05, 3.63) is 18.4 Å². The Hall–Kier alpha value is -0.830. The summed E-state index contributed by atoms with van der Waals surface area (Å²) in [6.07, 6.45) is 4.19. The molecule has 0 N–H and O–H groups in total. The number of likely N-dealkylation sites (N-methyl/N-ethyl adjacent to an activating group) is 1. The van der Waals surface area contributed by atoms with Crippen molar-refractivity contribution in [1.82, 2.24) is 9.88 Å². The summed E-state index contributed by atoms with van der Waals surface area (Å²) in [5, 5.41) is 0. The van der Waals surface area contributed by atoms with E-state index in [0.717, 1.165) is 18.9 Å². The number of nitrogens with zero attached hydrogens (tertiary/aromatic N) is 2. The van der Waals surface area contributed by atoms with Crippen molar-refractivity contribution in [3.8, 4) is 0 Å². The van der Waals surface area contributed by atoms with Crippen LogP contribution in [0, 0.1) is 0 Å². The van der Waals surface area contributed by atoms with Gasteiger partial charge < -0.3 is 9.32 Å². The standard InChI is InChI=1S/C9H16N2O/c1-8(2)11(3)6-4-9-10-5-7-12-9/h5,7-8H,4,6H2,1-3H3. The summed E-state index contributed by atoms with van der Waals surface area (Å²) in [6, 6.07) is 0.583. The molecule has 0 atom stereocenters. The maximum atomic E-state index is 5.13. The molecule has 1 rings (SSSR count). The average molecular weight is 168 g/mol. The van der Waals surface area contributed by atoms with Crippen LogP contribution in [0.3, 0.4) is 0 Å². The number of hydrogen-bond acceptors (Lipinski definition) is 3. The molecular formula is C9H16N2O. The van der Waals surface area contributed by atoms with Crippen LogP contribution in [-0.2, 0) is 6.42 Å². The predicted octanol–water partition coefficient (Wildman–Crippen LogP) is 1.56. The van der Waals surface area contributed by atoms with Crippen LogP contribution < -0.4 is 0 Å². The summed E-state index contributed by atoms with van der Waals surface area (Å²) in [7, 11) is 2.10. The quantitative estimate of drug-likeness (QED) is 0.683. The van der Waals surface area contributed by atoms with Gasteiger partial charge in [0.2, 0.25) is 0 Å². The predicted molar refractivity (Wildman–Crippen MR) is 48.0 cm³/mol. The summed E-state index contributed by atoms with van der Waals surface area (Å²) in [5.74, 6) is 0.822. The maximum Gasteiger partial charge on any atom is 0.195 e. The molecule has 0 fully saturated rings. The third-order valence-corrected chi connectivity index (χ3v) is 2.04. The third-order valence-electron chi connectivity index (χ3n) is 2.04. The molecule has 0 radical (unpaired) electrons. The lowest BCUT2D eigenvalue weighted by Crippen LogP contribution is -2.28. The van der Waals surface area contributed by atoms with Gasteiger partial charge in [-0.15, -0.1) is 0 Å². The fraction of sp³-hybridized carbons (Fsp3) is 0.667. The Kier molecular flexibility index (Phi) is 3.29. The molecule has 1 aromatic heterocycles. The first-order valence-electron chi connectivity index (χ1n) is 4.28. The van der Waals surface area contributed by atoms with Crippen LogP contribution in [0.5, 0.6) is 0 Å². The van der Waals surface area contributed by atoms with E-state index in [2.05, 4.69) is 30.8 Å². The molecule has 0 amide bonds. The van der Waals surface area contributed by atoms with Crippen molar-refractivity contribution in [2.24, 2.45) is 0 Å². The van der Waals surface area contributed by atoms with Gasteiger partial charge in [0.25, 0.3) is 0 Å². The fourth-order valence-electron chi connectivity index (χ4n) is 0.907. The second-order valence-electron chi connectivity index (χ2n) is 3.25. The molecule has 0 unspecified atom stereocenters. The third kappa shape index (κ3) is 2.66.